The van der Waals surface area contributed by atoms with Crippen LogP contribution in [0.3, 0.4) is 0 Å². The summed E-state index contributed by atoms with van der Waals surface area (Å²) >= 11 is 5.74. The first-order valence-electron chi connectivity index (χ1n) is 5.25. The number of nitrogens with zero attached hydrogens (tertiary/aromatic N) is 5. The Morgan fingerprint density at radius 2 is 2.11 bits per heavy atom. The summed E-state index contributed by atoms with van der Waals surface area (Å²) in [6, 6.07) is 0.171. The molecule has 1 N–H and O–H groups in total. The van der Waals surface area contributed by atoms with Crippen LogP contribution >= 0.6 is 11.6 Å². The molecule has 2 rings (SSSR count). The van der Waals surface area contributed by atoms with Crippen LogP contribution in [0.1, 0.15) is 18.6 Å². The Kier molecular flexibility index (Phi) is 3.88. The van der Waals surface area contributed by atoms with E-state index >= 15 is 0 Å². The molecule has 0 atom stereocenters. The molecule has 0 unspecified atom stereocenters. The first-order chi connectivity index (χ1) is 8.67. The Morgan fingerprint density at radius 3 is 2.78 bits per heavy atom. The van der Waals surface area contributed by atoms with Crippen molar-refractivity contribution in [3.63, 3.8) is 0 Å². The molecule has 9 heteroatoms. The number of hydrogen-bond donors (Lipinski definition) is 1. The van der Waals surface area contributed by atoms with Crippen molar-refractivity contribution in [2.45, 2.75) is 20.4 Å². The molecule has 2 heterocycles. The fraction of sp³-hybridized carbons (Fsp3) is 0.444. The summed E-state index contributed by atoms with van der Waals surface area (Å²) in [7, 11) is 0. The molecule has 8 nitrogen and oxygen atoms in total. The molecular weight excluding hydrogens is 260 g/mol. The minimum absolute atomic E-state index is 0.0558. The smallest absolute Gasteiger partial charge is 0.322 e. The van der Waals surface area contributed by atoms with Gasteiger partial charge in [0.1, 0.15) is 0 Å². The zero-order chi connectivity index (χ0) is 13.0. The second kappa shape index (κ2) is 5.58. The SMILES string of the molecule is CCOc1nc(Cl)nc(NCc2noc(C)n2)n1. The molecule has 0 fully saturated rings. The summed E-state index contributed by atoms with van der Waals surface area (Å²) in [6.45, 7) is 4.31. The number of anilines is 1. The van der Waals surface area contributed by atoms with Crippen molar-refractivity contribution in [3.8, 4) is 6.01 Å². The van der Waals surface area contributed by atoms with Gasteiger partial charge in [-0.25, -0.2) is 0 Å². The van der Waals surface area contributed by atoms with Gasteiger partial charge in [0, 0.05) is 6.92 Å². The molecule has 0 aliphatic carbocycles. The molecule has 2 aromatic rings. The van der Waals surface area contributed by atoms with E-state index in [2.05, 4.69) is 30.4 Å². The van der Waals surface area contributed by atoms with Crippen LogP contribution in [0.25, 0.3) is 0 Å². The highest BCUT2D eigenvalue weighted by atomic mass is 35.5. The van der Waals surface area contributed by atoms with Crippen LogP contribution in [0.15, 0.2) is 4.52 Å². The maximum absolute atomic E-state index is 5.74. The molecular formula is C9H11ClN6O2. The number of ether oxygens (including phenoxy) is 1. The number of nitrogens with one attached hydrogen (secondary N) is 1. The van der Waals surface area contributed by atoms with E-state index in [1.54, 1.807) is 6.92 Å². The third-order valence-electron chi connectivity index (χ3n) is 1.84. The first-order valence-corrected chi connectivity index (χ1v) is 5.62. The standard InChI is InChI=1S/C9H11ClN6O2/c1-3-17-9-14-7(10)13-8(15-9)11-4-6-12-5(2)18-16-6/h3-4H2,1-2H3,(H,11,13,14,15). The van der Waals surface area contributed by atoms with Crippen molar-refractivity contribution in [1.82, 2.24) is 25.1 Å². The monoisotopic (exact) mass is 270 g/mol. The van der Waals surface area contributed by atoms with Crippen molar-refractivity contribution in [3.05, 3.63) is 17.0 Å². The van der Waals surface area contributed by atoms with Crippen LogP contribution in [-0.4, -0.2) is 31.7 Å². The maximum Gasteiger partial charge on any atom is 0.322 e. The predicted octanol–water partition coefficient (Wildman–Crippen LogP) is 1.23. The Bertz CT molecular complexity index is 532. The van der Waals surface area contributed by atoms with Crippen molar-refractivity contribution < 1.29 is 9.26 Å². The summed E-state index contributed by atoms with van der Waals surface area (Å²) in [5, 5.41) is 6.69. The summed E-state index contributed by atoms with van der Waals surface area (Å²) < 4.78 is 9.98. The molecule has 0 bridgehead atoms. The Morgan fingerprint density at radius 1 is 1.28 bits per heavy atom. The van der Waals surface area contributed by atoms with Gasteiger partial charge in [-0.15, -0.1) is 0 Å². The second-order valence-electron chi connectivity index (χ2n) is 3.23. The number of aryl methyl sites for hydroxylation is 1. The van der Waals surface area contributed by atoms with Crippen LogP contribution in [0.5, 0.6) is 6.01 Å². The van der Waals surface area contributed by atoms with E-state index in [1.165, 1.54) is 0 Å². The summed E-state index contributed by atoms with van der Waals surface area (Å²) in [6.07, 6.45) is 0. The average molecular weight is 271 g/mol. The molecule has 0 aliphatic heterocycles. The van der Waals surface area contributed by atoms with Crippen LogP contribution in [0.4, 0.5) is 5.95 Å². The minimum atomic E-state index is 0.0558. The van der Waals surface area contributed by atoms with E-state index in [9.17, 15) is 0 Å². The lowest BCUT2D eigenvalue weighted by Gasteiger charge is -2.04. The van der Waals surface area contributed by atoms with E-state index in [0.717, 1.165) is 0 Å². The van der Waals surface area contributed by atoms with Crippen molar-refractivity contribution in [2.75, 3.05) is 11.9 Å². The number of rotatable bonds is 5. The highest BCUT2D eigenvalue weighted by Gasteiger charge is 2.07. The molecule has 0 saturated carbocycles. The van der Waals surface area contributed by atoms with Crippen LogP contribution in [-0.2, 0) is 6.54 Å². The van der Waals surface area contributed by atoms with Gasteiger partial charge >= 0.3 is 6.01 Å². The van der Waals surface area contributed by atoms with E-state index < -0.39 is 0 Å². The first kappa shape index (κ1) is 12.5. The number of halogens is 1. The summed E-state index contributed by atoms with van der Waals surface area (Å²) in [5.74, 6) is 1.29. The predicted molar refractivity (Wildman–Crippen MR) is 62.4 cm³/mol. The lowest BCUT2D eigenvalue weighted by atomic mass is 10.6. The van der Waals surface area contributed by atoms with Crippen molar-refractivity contribution in [1.29, 1.82) is 0 Å². The van der Waals surface area contributed by atoms with Gasteiger partial charge in [0.25, 0.3) is 0 Å². The van der Waals surface area contributed by atoms with E-state index in [0.29, 0.717) is 30.8 Å². The lowest BCUT2D eigenvalue weighted by molar-refractivity contribution is 0.312. The Hall–Kier alpha value is -1.96. The highest BCUT2D eigenvalue weighted by Crippen LogP contribution is 2.11. The van der Waals surface area contributed by atoms with E-state index in [1.807, 2.05) is 6.92 Å². The minimum Gasteiger partial charge on any atom is -0.464 e. The normalized spacial score (nSPS) is 10.4. The maximum atomic E-state index is 5.74. The van der Waals surface area contributed by atoms with E-state index in [-0.39, 0.29) is 11.3 Å². The second-order valence-corrected chi connectivity index (χ2v) is 3.56. The molecule has 0 amide bonds. The van der Waals surface area contributed by atoms with Gasteiger partial charge in [0.15, 0.2) is 5.82 Å². The highest BCUT2D eigenvalue weighted by molar-refractivity contribution is 6.28. The molecule has 2 aromatic heterocycles. The van der Waals surface area contributed by atoms with Gasteiger partial charge in [-0.2, -0.15) is 19.9 Å². The van der Waals surface area contributed by atoms with Gasteiger partial charge in [-0.05, 0) is 18.5 Å². The lowest BCUT2D eigenvalue weighted by Crippen LogP contribution is -2.08. The van der Waals surface area contributed by atoms with Gasteiger partial charge in [0.05, 0.1) is 13.2 Å². The number of aromatic nitrogens is 5. The molecule has 0 radical (unpaired) electrons. The Labute approximate surface area is 108 Å². The van der Waals surface area contributed by atoms with Crippen molar-refractivity contribution in [2.24, 2.45) is 0 Å². The van der Waals surface area contributed by atoms with Crippen molar-refractivity contribution >= 4 is 17.5 Å². The summed E-state index contributed by atoms with van der Waals surface area (Å²) in [5.41, 5.74) is 0. The summed E-state index contributed by atoms with van der Waals surface area (Å²) in [4.78, 5) is 15.8. The zero-order valence-electron chi connectivity index (χ0n) is 9.84. The average Bonchev–Trinajstić information content (AvgIpc) is 2.72. The third kappa shape index (κ3) is 3.27. The molecule has 0 saturated heterocycles. The third-order valence-corrected chi connectivity index (χ3v) is 2.00. The van der Waals surface area contributed by atoms with Gasteiger partial charge in [0.2, 0.25) is 17.1 Å². The van der Waals surface area contributed by atoms with Gasteiger partial charge in [-0.3, -0.25) is 0 Å². The molecule has 0 aromatic carbocycles. The van der Waals surface area contributed by atoms with Gasteiger partial charge < -0.3 is 14.6 Å². The molecule has 96 valence electrons. The Balaban J connectivity index is 2.04. The van der Waals surface area contributed by atoms with Crippen LogP contribution in [0, 0.1) is 6.92 Å². The fourth-order valence-electron chi connectivity index (χ4n) is 1.18. The topological polar surface area (TPSA) is 98.9 Å². The molecule has 0 aliphatic rings. The largest absolute Gasteiger partial charge is 0.464 e. The van der Waals surface area contributed by atoms with Gasteiger partial charge in [-0.1, -0.05) is 5.16 Å². The van der Waals surface area contributed by atoms with Crippen LogP contribution < -0.4 is 10.1 Å². The molecule has 0 spiro atoms. The zero-order valence-corrected chi connectivity index (χ0v) is 10.6. The van der Waals surface area contributed by atoms with Crippen LogP contribution in [0.2, 0.25) is 5.28 Å². The number of hydrogen-bond acceptors (Lipinski definition) is 8. The quantitative estimate of drug-likeness (QED) is 0.866. The fourth-order valence-corrected chi connectivity index (χ4v) is 1.33. The van der Waals surface area contributed by atoms with E-state index in [4.69, 9.17) is 20.9 Å². The molecule has 18 heavy (non-hydrogen) atoms.